The fraction of sp³-hybridized carbons (Fsp3) is 0.900. The van der Waals surface area contributed by atoms with Gasteiger partial charge in [-0.05, 0) is 19.8 Å². The van der Waals surface area contributed by atoms with Crippen LogP contribution in [0.15, 0.2) is 0 Å². The van der Waals surface area contributed by atoms with Crippen molar-refractivity contribution in [3.8, 4) is 0 Å². The number of nitrogens with two attached hydrogens (primary N) is 1. The fourth-order valence-electron chi connectivity index (χ4n) is 2.15. The van der Waals surface area contributed by atoms with E-state index < -0.39 is 0 Å². The number of carbonyl (C=O) groups excluding carboxylic acids is 1. The van der Waals surface area contributed by atoms with Gasteiger partial charge >= 0.3 is 0 Å². The van der Waals surface area contributed by atoms with Crippen molar-refractivity contribution in [3.05, 3.63) is 0 Å². The highest BCUT2D eigenvalue weighted by Gasteiger charge is 2.36. The molecule has 80 valence electrons. The van der Waals surface area contributed by atoms with Crippen LogP contribution >= 0.6 is 0 Å². The Morgan fingerprint density at radius 2 is 2.29 bits per heavy atom. The Hall–Kier alpha value is -0.610. The third-order valence-electron chi connectivity index (χ3n) is 3.11. The third kappa shape index (κ3) is 1.77. The Kier molecular flexibility index (Phi) is 2.74. The average Bonchev–Trinajstić information content (AvgIpc) is 2.32. The highest BCUT2D eigenvalue weighted by molar-refractivity contribution is 5.77. The molecular weight excluding hydrogens is 178 g/mol. The Balaban J connectivity index is 1.97. The van der Waals surface area contributed by atoms with E-state index in [0.717, 1.165) is 6.54 Å². The summed E-state index contributed by atoms with van der Waals surface area (Å²) in [6.07, 6.45) is 4.45. The van der Waals surface area contributed by atoms with E-state index in [4.69, 9.17) is 5.73 Å². The molecule has 0 aromatic heterocycles. The minimum Gasteiger partial charge on any atom is -0.326 e. The quantitative estimate of drug-likeness (QED) is 0.709. The van der Waals surface area contributed by atoms with Gasteiger partial charge in [0.25, 0.3) is 0 Å². The second kappa shape index (κ2) is 3.87. The minimum absolute atomic E-state index is 0.0691. The molecule has 1 amide bonds. The molecule has 0 aromatic rings. The predicted octanol–water partition coefficient (Wildman–Crippen LogP) is 0.335. The van der Waals surface area contributed by atoms with Crippen molar-refractivity contribution in [1.29, 1.82) is 0 Å². The molecule has 2 rings (SSSR count). The first-order valence-corrected chi connectivity index (χ1v) is 5.51. The highest BCUT2D eigenvalue weighted by Crippen LogP contribution is 2.29. The smallest absolute Gasteiger partial charge is 0.238 e. The van der Waals surface area contributed by atoms with Gasteiger partial charge in [-0.2, -0.15) is 0 Å². The number of nitrogens with zero attached hydrogens (tertiary/aromatic N) is 2. The maximum atomic E-state index is 11.6. The zero-order chi connectivity index (χ0) is 10.1. The molecule has 1 aliphatic carbocycles. The molecule has 2 N–H and O–H groups in total. The zero-order valence-electron chi connectivity index (χ0n) is 8.78. The van der Waals surface area contributed by atoms with Gasteiger partial charge in [0.2, 0.25) is 5.91 Å². The lowest BCUT2D eigenvalue weighted by atomic mass is 9.92. The molecule has 1 atom stereocenters. The van der Waals surface area contributed by atoms with Crippen LogP contribution in [0.2, 0.25) is 0 Å². The summed E-state index contributed by atoms with van der Waals surface area (Å²) >= 11 is 0. The molecule has 0 aromatic carbocycles. The summed E-state index contributed by atoms with van der Waals surface area (Å²) in [6.45, 7) is 3.52. The van der Waals surface area contributed by atoms with Crippen molar-refractivity contribution in [2.45, 2.75) is 44.7 Å². The van der Waals surface area contributed by atoms with E-state index in [1.807, 2.05) is 11.9 Å². The van der Waals surface area contributed by atoms with Crippen LogP contribution in [0.1, 0.15) is 32.6 Å². The predicted molar refractivity (Wildman–Crippen MR) is 54.3 cm³/mol. The third-order valence-corrected chi connectivity index (χ3v) is 3.11. The second-order valence-electron chi connectivity index (χ2n) is 4.45. The molecule has 1 saturated heterocycles. The number of hydrogen-bond acceptors (Lipinski definition) is 3. The minimum atomic E-state index is 0.0691. The molecule has 0 bridgehead atoms. The van der Waals surface area contributed by atoms with Crippen molar-refractivity contribution in [2.24, 2.45) is 5.73 Å². The molecule has 2 aliphatic rings. The number of hydrazine groups is 1. The summed E-state index contributed by atoms with van der Waals surface area (Å²) in [4.78, 5) is 11.6. The first-order chi connectivity index (χ1) is 6.68. The lowest BCUT2D eigenvalue weighted by molar-refractivity contribution is -0.143. The standard InChI is InChI=1S/C10H19N3O/c1-8(11)7-13-10(14)5-6-12(13)9-3-2-4-9/h8-9H,2-7,11H2,1H3. The van der Waals surface area contributed by atoms with Gasteiger partial charge in [0.15, 0.2) is 0 Å². The Bertz CT molecular complexity index is 225. The maximum absolute atomic E-state index is 11.6. The molecule has 0 spiro atoms. The van der Waals surface area contributed by atoms with Crippen LogP contribution in [0.5, 0.6) is 0 Å². The monoisotopic (exact) mass is 197 g/mol. The van der Waals surface area contributed by atoms with Crippen LogP contribution < -0.4 is 5.73 Å². The van der Waals surface area contributed by atoms with Gasteiger partial charge in [-0.25, -0.2) is 5.01 Å². The summed E-state index contributed by atoms with van der Waals surface area (Å²) in [6, 6.07) is 0.680. The van der Waals surface area contributed by atoms with E-state index in [1.54, 1.807) is 0 Å². The summed E-state index contributed by atoms with van der Waals surface area (Å²) in [5, 5.41) is 4.10. The molecule has 1 aliphatic heterocycles. The van der Waals surface area contributed by atoms with E-state index in [2.05, 4.69) is 5.01 Å². The molecule has 0 radical (unpaired) electrons. The van der Waals surface area contributed by atoms with Crippen molar-refractivity contribution in [1.82, 2.24) is 10.0 Å². The van der Waals surface area contributed by atoms with E-state index in [0.29, 0.717) is 19.0 Å². The Morgan fingerprint density at radius 1 is 1.57 bits per heavy atom. The average molecular weight is 197 g/mol. The van der Waals surface area contributed by atoms with Crippen LogP contribution in [0.3, 0.4) is 0 Å². The molecule has 1 unspecified atom stereocenters. The lowest BCUT2D eigenvalue weighted by Crippen LogP contribution is -2.51. The van der Waals surface area contributed by atoms with Gasteiger partial charge in [-0.3, -0.25) is 9.80 Å². The van der Waals surface area contributed by atoms with Gasteiger partial charge in [0.1, 0.15) is 0 Å². The lowest BCUT2D eigenvalue weighted by Gasteiger charge is -2.40. The van der Waals surface area contributed by atoms with E-state index in [-0.39, 0.29) is 11.9 Å². The Labute approximate surface area is 85.0 Å². The second-order valence-corrected chi connectivity index (χ2v) is 4.45. The van der Waals surface area contributed by atoms with Crippen molar-refractivity contribution < 1.29 is 4.79 Å². The van der Waals surface area contributed by atoms with Gasteiger partial charge < -0.3 is 5.73 Å². The zero-order valence-corrected chi connectivity index (χ0v) is 8.78. The number of rotatable bonds is 3. The van der Waals surface area contributed by atoms with Crippen molar-refractivity contribution in [2.75, 3.05) is 13.1 Å². The molecule has 1 saturated carbocycles. The van der Waals surface area contributed by atoms with E-state index >= 15 is 0 Å². The fourth-order valence-corrected chi connectivity index (χ4v) is 2.15. The van der Waals surface area contributed by atoms with Gasteiger partial charge in [-0.15, -0.1) is 0 Å². The summed E-state index contributed by atoms with van der Waals surface area (Å²) in [5.74, 6) is 0.245. The molecule has 14 heavy (non-hydrogen) atoms. The van der Waals surface area contributed by atoms with Gasteiger partial charge in [0.05, 0.1) is 6.54 Å². The molecule has 1 heterocycles. The van der Waals surface area contributed by atoms with E-state index in [9.17, 15) is 4.79 Å². The van der Waals surface area contributed by atoms with Crippen molar-refractivity contribution >= 4 is 5.91 Å². The Morgan fingerprint density at radius 3 is 2.79 bits per heavy atom. The van der Waals surface area contributed by atoms with Crippen LogP contribution in [0.25, 0.3) is 0 Å². The number of carbonyl (C=O) groups is 1. The SMILES string of the molecule is CC(N)CN1C(=O)CCN1C1CCC1. The number of amides is 1. The van der Waals surface area contributed by atoms with Crippen molar-refractivity contribution in [3.63, 3.8) is 0 Å². The first kappa shape index (κ1) is 9.93. The molecular formula is C10H19N3O. The summed E-state index contributed by atoms with van der Waals surface area (Å²) in [5.41, 5.74) is 5.74. The normalized spacial score (nSPS) is 26.7. The van der Waals surface area contributed by atoms with Crippen LogP contribution in [-0.4, -0.2) is 41.1 Å². The topological polar surface area (TPSA) is 49.6 Å². The number of hydrogen-bond donors (Lipinski definition) is 1. The molecule has 2 fully saturated rings. The summed E-state index contributed by atoms with van der Waals surface area (Å²) < 4.78 is 0. The van der Waals surface area contributed by atoms with Crippen LogP contribution in [0, 0.1) is 0 Å². The van der Waals surface area contributed by atoms with Crippen LogP contribution in [0.4, 0.5) is 0 Å². The molecule has 4 heteroatoms. The first-order valence-electron chi connectivity index (χ1n) is 5.51. The maximum Gasteiger partial charge on any atom is 0.238 e. The molecule has 4 nitrogen and oxygen atoms in total. The van der Waals surface area contributed by atoms with Gasteiger partial charge in [-0.1, -0.05) is 6.42 Å². The van der Waals surface area contributed by atoms with Crippen LogP contribution in [-0.2, 0) is 4.79 Å². The highest BCUT2D eigenvalue weighted by atomic mass is 16.2. The summed E-state index contributed by atoms with van der Waals surface area (Å²) in [7, 11) is 0. The largest absolute Gasteiger partial charge is 0.326 e. The van der Waals surface area contributed by atoms with E-state index in [1.165, 1.54) is 19.3 Å². The van der Waals surface area contributed by atoms with Gasteiger partial charge in [0, 0.05) is 25.0 Å².